The highest BCUT2D eigenvalue weighted by atomic mass is 35.5. The van der Waals surface area contributed by atoms with E-state index in [0.717, 1.165) is 12.8 Å². The third-order valence-corrected chi connectivity index (χ3v) is 11.3. The first-order valence-corrected chi connectivity index (χ1v) is 15.3. The van der Waals surface area contributed by atoms with Gasteiger partial charge in [-0.3, -0.25) is 19.1 Å². The molecule has 0 radical (unpaired) electrons. The predicted molar refractivity (Wildman–Crippen MR) is 153 cm³/mol. The molecule has 10 heteroatoms. The number of Topliss-reactive ketones (excluding diaryl/α,β-unsaturated/α-hetero) is 1. The molecule has 1 aromatic heterocycles. The molecule has 220 valence electrons. The predicted octanol–water partition coefficient (Wildman–Crippen LogP) is 7.11. The number of benzene rings is 1. The number of aromatic nitrogens is 2. The highest BCUT2D eigenvalue weighted by Gasteiger charge is 2.63. The Balaban J connectivity index is 1.32. The summed E-state index contributed by atoms with van der Waals surface area (Å²) < 4.78 is 17.6. The molecular formula is C31H36Cl2FN3O4. The van der Waals surface area contributed by atoms with Crippen molar-refractivity contribution in [3.05, 3.63) is 51.3 Å². The number of carbonyl (C=O) groups is 3. The van der Waals surface area contributed by atoms with Crippen molar-refractivity contribution in [2.75, 3.05) is 6.54 Å². The number of alkyl halides is 1. The number of rotatable bonds is 8. The van der Waals surface area contributed by atoms with Gasteiger partial charge in [-0.05, 0) is 87.7 Å². The SMILES string of the molecule is CC1(C)[C@@H]2C[C@@H](N(CC(=O)c3c(Cl)cccc3Cl)C(=O)c3cnn([C@H]4CC[C@](C)(C(=O)O)CC4)c3C3(F)CC3)C[C@@H]21. The molecule has 2 aromatic rings. The van der Waals surface area contributed by atoms with Gasteiger partial charge in [-0.2, -0.15) is 5.10 Å². The molecule has 0 bridgehead atoms. The lowest BCUT2D eigenvalue weighted by atomic mass is 9.74. The van der Waals surface area contributed by atoms with E-state index in [-0.39, 0.29) is 56.7 Å². The first kappa shape index (κ1) is 28.7. The summed E-state index contributed by atoms with van der Waals surface area (Å²) in [5.41, 5.74) is -1.61. The average Bonchev–Trinajstić information content (AvgIpc) is 3.54. The van der Waals surface area contributed by atoms with E-state index in [1.54, 1.807) is 34.7 Å². The van der Waals surface area contributed by atoms with Crippen molar-refractivity contribution in [3.8, 4) is 0 Å². The normalized spacial score (nSPS) is 30.9. The molecular weight excluding hydrogens is 568 g/mol. The minimum Gasteiger partial charge on any atom is -0.481 e. The molecule has 1 aromatic carbocycles. The second-order valence-corrected chi connectivity index (χ2v) is 14.3. The van der Waals surface area contributed by atoms with Crippen LogP contribution in [0.1, 0.15) is 105 Å². The second kappa shape index (κ2) is 9.80. The van der Waals surface area contributed by atoms with Crippen molar-refractivity contribution >= 4 is 40.9 Å². The first-order valence-electron chi connectivity index (χ1n) is 14.6. The summed E-state index contributed by atoms with van der Waals surface area (Å²) in [7, 11) is 0. The molecule has 0 saturated heterocycles. The Hall–Kier alpha value is -2.45. The zero-order chi connectivity index (χ0) is 29.5. The molecule has 4 fully saturated rings. The van der Waals surface area contributed by atoms with Crippen LogP contribution in [0.25, 0.3) is 0 Å². The lowest BCUT2D eigenvalue weighted by Crippen LogP contribution is -2.44. The van der Waals surface area contributed by atoms with Gasteiger partial charge in [0.1, 0.15) is 0 Å². The number of carboxylic acids is 1. The third-order valence-electron chi connectivity index (χ3n) is 10.7. The number of nitrogens with zero attached hydrogens (tertiary/aromatic N) is 3. The van der Waals surface area contributed by atoms with Gasteiger partial charge < -0.3 is 10.0 Å². The second-order valence-electron chi connectivity index (χ2n) is 13.5. The molecule has 0 aliphatic heterocycles. The molecule has 1 amide bonds. The van der Waals surface area contributed by atoms with Crippen molar-refractivity contribution in [1.82, 2.24) is 14.7 Å². The number of hydrogen-bond acceptors (Lipinski definition) is 4. The molecule has 3 atom stereocenters. The summed E-state index contributed by atoms with van der Waals surface area (Å²) in [6, 6.07) is 4.51. The van der Waals surface area contributed by atoms with Crippen LogP contribution in [0.2, 0.25) is 10.0 Å². The van der Waals surface area contributed by atoms with Gasteiger partial charge in [0.2, 0.25) is 0 Å². The number of amides is 1. The average molecular weight is 605 g/mol. The van der Waals surface area contributed by atoms with Crippen molar-refractivity contribution < 1.29 is 23.9 Å². The Labute approximate surface area is 249 Å². The van der Waals surface area contributed by atoms with E-state index >= 15 is 4.39 Å². The van der Waals surface area contributed by atoms with E-state index in [0.29, 0.717) is 50.4 Å². The number of ketones is 1. The van der Waals surface area contributed by atoms with E-state index < -0.39 is 23.0 Å². The molecule has 7 nitrogen and oxygen atoms in total. The van der Waals surface area contributed by atoms with Crippen LogP contribution in [-0.2, 0) is 10.5 Å². The van der Waals surface area contributed by atoms with Crippen molar-refractivity contribution in [2.24, 2.45) is 22.7 Å². The van der Waals surface area contributed by atoms with Crippen molar-refractivity contribution in [2.45, 2.75) is 89.9 Å². The minimum absolute atomic E-state index is 0.160. The van der Waals surface area contributed by atoms with Gasteiger partial charge in [-0.15, -0.1) is 0 Å². The highest BCUT2D eigenvalue weighted by molar-refractivity contribution is 6.40. The van der Waals surface area contributed by atoms with Crippen LogP contribution in [0.5, 0.6) is 0 Å². The van der Waals surface area contributed by atoms with Gasteiger partial charge in [0.05, 0.1) is 51.1 Å². The van der Waals surface area contributed by atoms with Crippen LogP contribution in [0, 0.1) is 22.7 Å². The summed E-state index contributed by atoms with van der Waals surface area (Å²) in [5.74, 6) is -0.629. The van der Waals surface area contributed by atoms with E-state index in [4.69, 9.17) is 23.2 Å². The standard InChI is InChI=1S/C31H36Cl2FN3O4/c1-29(2)20-13-18(14-21(20)29)36(16-24(38)25-22(32)5-4-6-23(25)33)27(39)19-15-35-37(26(19)31(34)11-12-31)17-7-9-30(3,10-8-17)28(40)41/h4-6,15,17-18,20-21H,7-14,16H2,1-3H3,(H,40,41)/t17-,18-,20-,21+,30-. The summed E-state index contributed by atoms with van der Waals surface area (Å²) in [6.07, 6.45) is 5.60. The maximum atomic E-state index is 16.0. The molecule has 0 spiro atoms. The Bertz CT molecular complexity index is 1390. The van der Waals surface area contributed by atoms with Gasteiger partial charge in [-0.25, -0.2) is 4.39 Å². The third kappa shape index (κ3) is 4.79. The van der Waals surface area contributed by atoms with Gasteiger partial charge in [0, 0.05) is 6.04 Å². The number of carboxylic acid groups (broad SMARTS) is 1. The maximum absolute atomic E-state index is 16.0. The summed E-state index contributed by atoms with van der Waals surface area (Å²) in [5, 5.41) is 14.6. The Morgan fingerprint density at radius 3 is 2.17 bits per heavy atom. The fourth-order valence-electron chi connectivity index (χ4n) is 7.54. The van der Waals surface area contributed by atoms with Crippen LogP contribution in [0.4, 0.5) is 4.39 Å². The smallest absolute Gasteiger partial charge is 0.309 e. The Morgan fingerprint density at radius 2 is 1.63 bits per heavy atom. The molecule has 1 heterocycles. The molecule has 4 aliphatic rings. The molecule has 1 N–H and O–H groups in total. The van der Waals surface area contributed by atoms with Crippen LogP contribution in [-0.4, -0.2) is 50.0 Å². The quantitative estimate of drug-likeness (QED) is 0.324. The number of hydrogen-bond donors (Lipinski definition) is 1. The van der Waals surface area contributed by atoms with Crippen LogP contribution < -0.4 is 0 Å². The number of carbonyl (C=O) groups excluding carboxylic acids is 2. The maximum Gasteiger partial charge on any atom is 0.309 e. The molecule has 6 rings (SSSR count). The first-order chi connectivity index (χ1) is 19.3. The number of aliphatic carboxylic acids is 1. The van der Waals surface area contributed by atoms with E-state index in [1.165, 1.54) is 6.20 Å². The lowest BCUT2D eigenvalue weighted by molar-refractivity contribution is -0.150. The Morgan fingerprint density at radius 1 is 1.05 bits per heavy atom. The van der Waals surface area contributed by atoms with Gasteiger partial charge in [0.25, 0.3) is 5.91 Å². The van der Waals surface area contributed by atoms with Crippen molar-refractivity contribution in [3.63, 3.8) is 0 Å². The number of fused-ring (bicyclic) bond motifs is 1. The topological polar surface area (TPSA) is 92.5 Å². The minimum atomic E-state index is -1.66. The van der Waals surface area contributed by atoms with E-state index in [1.807, 2.05) is 0 Å². The molecule has 4 aliphatic carbocycles. The van der Waals surface area contributed by atoms with Gasteiger partial charge >= 0.3 is 5.97 Å². The molecule has 0 unspecified atom stereocenters. The monoisotopic (exact) mass is 603 g/mol. The fraction of sp³-hybridized carbons (Fsp3) is 0.613. The number of halogens is 3. The highest BCUT2D eigenvalue weighted by Crippen LogP contribution is 2.67. The Kier molecular flexibility index (Phi) is 6.85. The fourth-order valence-corrected chi connectivity index (χ4v) is 8.15. The van der Waals surface area contributed by atoms with E-state index in [9.17, 15) is 19.5 Å². The summed E-state index contributed by atoms with van der Waals surface area (Å²) in [6.45, 7) is 6.01. The largest absolute Gasteiger partial charge is 0.481 e. The van der Waals surface area contributed by atoms with E-state index in [2.05, 4.69) is 18.9 Å². The zero-order valence-electron chi connectivity index (χ0n) is 23.6. The summed E-state index contributed by atoms with van der Waals surface area (Å²) in [4.78, 5) is 41.3. The van der Waals surface area contributed by atoms with Crippen molar-refractivity contribution in [1.29, 1.82) is 0 Å². The lowest BCUT2D eigenvalue weighted by Gasteiger charge is -2.35. The van der Waals surface area contributed by atoms with Gasteiger partial charge in [0.15, 0.2) is 11.5 Å². The van der Waals surface area contributed by atoms with Crippen LogP contribution in [0.3, 0.4) is 0 Å². The zero-order valence-corrected chi connectivity index (χ0v) is 25.1. The molecule has 41 heavy (non-hydrogen) atoms. The molecule has 4 saturated carbocycles. The van der Waals surface area contributed by atoms with Crippen LogP contribution >= 0.6 is 23.2 Å². The van der Waals surface area contributed by atoms with Gasteiger partial charge in [-0.1, -0.05) is 43.1 Å². The summed E-state index contributed by atoms with van der Waals surface area (Å²) >= 11 is 12.7. The van der Waals surface area contributed by atoms with Crippen LogP contribution in [0.15, 0.2) is 24.4 Å².